The molecule has 0 spiro atoms. The molecule has 1 heterocycles. The van der Waals surface area contributed by atoms with Crippen LogP contribution in [0.2, 0.25) is 0 Å². The lowest BCUT2D eigenvalue weighted by atomic mass is 10.2. The zero-order chi connectivity index (χ0) is 20.8. The third-order valence-corrected chi connectivity index (χ3v) is 4.83. The average Bonchev–Trinajstić information content (AvgIpc) is 3.16. The number of carbonyl (C=O) groups excluding carboxylic acids is 2. The Labute approximate surface area is 170 Å². The van der Waals surface area contributed by atoms with Gasteiger partial charge in [-0.3, -0.25) is 9.59 Å². The van der Waals surface area contributed by atoms with Crippen LogP contribution in [0.4, 0.5) is 11.4 Å². The van der Waals surface area contributed by atoms with Crippen molar-refractivity contribution in [3.8, 4) is 0 Å². The van der Waals surface area contributed by atoms with Crippen LogP contribution in [-0.2, 0) is 16.1 Å². The molecule has 1 aromatic heterocycles. The molecular weight excluding hydrogens is 366 g/mol. The van der Waals surface area contributed by atoms with Crippen LogP contribution in [0.3, 0.4) is 0 Å². The number of carbonyl (C=O) groups is 2. The smallest absolute Gasteiger partial charge is 0.246 e. The summed E-state index contributed by atoms with van der Waals surface area (Å²) >= 11 is 0. The van der Waals surface area contributed by atoms with Gasteiger partial charge >= 0.3 is 0 Å². The molecule has 0 saturated heterocycles. The largest absolute Gasteiger partial charge is 0.374 e. The molecule has 0 fully saturated rings. The molecule has 5 N–H and O–H groups in total. The number of H-pyrrole nitrogens is 1. The van der Waals surface area contributed by atoms with E-state index in [9.17, 15) is 9.59 Å². The minimum atomic E-state index is -0.487. The van der Waals surface area contributed by atoms with Gasteiger partial charge in [-0.2, -0.15) is 0 Å². The maximum absolute atomic E-state index is 12.7. The fourth-order valence-electron chi connectivity index (χ4n) is 3.28. The maximum atomic E-state index is 12.7. The van der Waals surface area contributed by atoms with Gasteiger partial charge in [-0.1, -0.05) is 30.3 Å². The molecular formula is C22H27N5O2. The van der Waals surface area contributed by atoms with E-state index in [-0.39, 0.29) is 18.4 Å². The van der Waals surface area contributed by atoms with Gasteiger partial charge in [0.05, 0.1) is 12.2 Å². The maximum Gasteiger partial charge on any atom is 0.246 e. The summed E-state index contributed by atoms with van der Waals surface area (Å²) in [5.41, 5.74) is 9.23. The number of nitrogens with two attached hydrogens (primary N) is 1. The van der Waals surface area contributed by atoms with Crippen LogP contribution in [0, 0.1) is 0 Å². The number of nitrogens with one attached hydrogen (secondary N) is 3. The molecule has 0 aliphatic rings. The summed E-state index contributed by atoms with van der Waals surface area (Å²) in [6, 6.07) is 14.9. The molecule has 7 nitrogen and oxygen atoms in total. The molecule has 0 bridgehead atoms. The number of nitrogens with zero attached hydrogens (tertiary/aromatic N) is 1. The van der Waals surface area contributed by atoms with Gasteiger partial charge in [0.25, 0.3) is 0 Å². The van der Waals surface area contributed by atoms with Gasteiger partial charge in [0.2, 0.25) is 11.8 Å². The topological polar surface area (TPSA) is 103 Å². The summed E-state index contributed by atoms with van der Waals surface area (Å²) in [6.07, 6.45) is 1.82. The zero-order valence-corrected chi connectivity index (χ0v) is 16.7. The molecule has 29 heavy (non-hydrogen) atoms. The van der Waals surface area contributed by atoms with Crippen molar-refractivity contribution in [3.05, 3.63) is 60.3 Å². The second kappa shape index (κ2) is 9.25. The quantitative estimate of drug-likeness (QED) is 0.472. The van der Waals surface area contributed by atoms with Crippen molar-refractivity contribution in [3.63, 3.8) is 0 Å². The van der Waals surface area contributed by atoms with Gasteiger partial charge in [0.15, 0.2) is 0 Å². The number of hydrogen-bond acceptors (Lipinski definition) is 4. The Balaban J connectivity index is 1.60. The Hall–Kier alpha value is -3.32. The highest BCUT2D eigenvalue weighted by Gasteiger charge is 2.19. The van der Waals surface area contributed by atoms with Gasteiger partial charge < -0.3 is 26.3 Å². The van der Waals surface area contributed by atoms with E-state index in [4.69, 9.17) is 5.73 Å². The third kappa shape index (κ3) is 4.75. The molecule has 0 aliphatic carbocycles. The second-order valence-electron chi connectivity index (χ2n) is 6.85. The third-order valence-electron chi connectivity index (χ3n) is 4.83. The number of para-hydroxylation sites is 1. The van der Waals surface area contributed by atoms with Crippen molar-refractivity contribution in [1.82, 2.24) is 10.3 Å². The van der Waals surface area contributed by atoms with E-state index >= 15 is 0 Å². The van der Waals surface area contributed by atoms with E-state index in [2.05, 4.69) is 15.6 Å². The Morgan fingerprint density at radius 1 is 1.17 bits per heavy atom. The Morgan fingerprint density at radius 3 is 2.72 bits per heavy atom. The summed E-state index contributed by atoms with van der Waals surface area (Å²) in [5.74, 6) is -0.408. The number of aromatic nitrogens is 1. The van der Waals surface area contributed by atoms with Crippen molar-refractivity contribution < 1.29 is 9.59 Å². The number of likely N-dealkylation sites (N-methyl/N-ethyl adjacent to an activating group) is 1. The molecule has 3 rings (SSSR count). The lowest BCUT2D eigenvalue weighted by Crippen LogP contribution is -2.44. The molecule has 1 atom stereocenters. The summed E-state index contributed by atoms with van der Waals surface area (Å²) in [5, 5.41) is 6.84. The molecule has 2 aromatic carbocycles. The van der Waals surface area contributed by atoms with Gasteiger partial charge in [-0.25, -0.2) is 0 Å². The first-order chi connectivity index (χ1) is 14.0. The van der Waals surface area contributed by atoms with E-state index in [0.29, 0.717) is 13.1 Å². The second-order valence-corrected chi connectivity index (χ2v) is 6.85. The molecule has 1 unspecified atom stereocenters. The first kappa shape index (κ1) is 20.4. The minimum Gasteiger partial charge on any atom is -0.374 e. The fourth-order valence-corrected chi connectivity index (χ4v) is 3.28. The molecule has 0 radical (unpaired) electrons. The van der Waals surface area contributed by atoms with Gasteiger partial charge in [0.1, 0.15) is 6.04 Å². The van der Waals surface area contributed by atoms with Crippen molar-refractivity contribution >= 4 is 34.1 Å². The SMILES string of the molecule is CCN(C(=O)CNC(=O)C(C)Nc1cccc(CN)c1)c1c[nH]c2ccccc12. The van der Waals surface area contributed by atoms with Crippen LogP contribution in [0.15, 0.2) is 54.7 Å². The monoisotopic (exact) mass is 393 g/mol. The highest BCUT2D eigenvalue weighted by molar-refractivity contribution is 6.04. The van der Waals surface area contributed by atoms with Gasteiger partial charge in [-0.15, -0.1) is 0 Å². The summed E-state index contributed by atoms with van der Waals surface area (Å²) in [7, 11) is 0. The Morgan fingerprint density at radius 2 is 1.97 bits per heavy atom. The zero-order valence-electron chi connectivity index (χ0n) is 16.7. The van der Waals surface area contributed by atoms with Crippen molar-refractivity contribution in [2.75, 3.05) is 23.3 Å². The van der Waals surface area contributed by atoms with E-state index in [0.717, 1.165) is 27.8 Å². The Bertz CT molecular complexity index is 998. The average molecular weight is 393 g/mol. The fraction of sp³-hybridized carbons (Fsp3) is 0.273. The van der Waals surface area contributed by atoms with Crippen LogP contribution >= 0.6 is 0 Å². The first-order valence-electron chi connectivity index (χ1n) is 9.73. The number of amides is 2. The van der Waals surface area contributed by atoms with Crippen LogP contribution in [-0.4, -0.2) is 35.9 Å². The molecule has 2 amide bonds. The predicted molar refractivity (Wildman–Crippen MR) is 117 cm³/mol. The van der Waals surface area contributed by atoms with Crippen LogP contribution in [0.1, 0.15) is 19.4 Å². The van der Waals surface area contributed by atoms with E-state index < -0.39 is 6.04 Å². The van der Waals surface area contributed by atoms with E-state index in [1.807, 2.05) is 61.7 Å². The molecule has 3 aromatic rings. The highest BCUT2D eigenvalue weighted by Crippen LogP contribution is 2.26. The standard InChI is InChI=1S/C22H27N5O2/c1-3-27(20-13-24-19-10-5-4-9-18(19)20)21(28)14-25-22(29)15(2)26-17-8-6-7-16(11-17)12-23/h4-11,13,15,24,26H,3,12,14,23H2,1-2H3,(H,25,29). The summed E-state index contributed by atoms with van der Waals surface area (Å²) in [6.45, 7) is 4.55. The van der Waals surface area contributed by atoms with Crippen molar-refractivity contribution in [2.45, 2.75) is 26.4 Å². The van der Waals surface area contributed by atoms with E-state index in [1.165, 1.54) is 0 Å². The summed E-state index contributed by atoms with van der Waals surface area (Å²) in [4.78, 5) is 30.0. The molecule has 152 valence electrons. The number of hydrogen-bond donors (Lipinski definition) is 4. The lowest BCUT2D eigenvalue weighted by Gasteiger charge is -2.21. The number of benzene rings is 2. The molecule has 0 aliphatic heterocycles. The highest BCUT2D eigenvalue weighted by atomic mass is 16.2. The number of rotatable bonds is 8. The van der Waals surface area contributed by atoms with Crippen molar-refractivity contribution in [2.24, 2.45) is 5.73 Å². The van der Waals surface area contributed by atoms with Crippen molar-refractivity contribution in [1.29, 1.82) is 0 Å². The molecule has 0 saturated carbocycles. The molecule has 7 heteroatoms. The normalized spacial score (nSPS) is 11.8. The van der Waals surface area contributed by atoms with E-state index in [1.54, 1.807) is 11.8 Å². The first-order valence-corrected chi connectivity index (χ1v) is 9.73. The number of anilines is 2. The van der Waals surface area contributed by atoms with Gasteiger partial charge in [-0.05, 0) is 37.6 Å². The van der Waals surface area contributed by atoms with Crippen LogP contribution in [0.5, 0.6) is 0 Å². The Kier molecular flexibility index (Phi) is 6.51. The minimum absolute atomic E-state index is 0.0684. The summed E-state index contributed by atoms with van der Waals surface area (Å²) < 4.78 is 0. The number of aromatic amines is 1. The van der Waals surface area contributed by atoms with Gasteiger partial charge in [0, 0.05) is 35.9 Å². The predicted octanol–water partition coefficient (Wildman–Crippen LogP) is 2.60. The van der Waals surface area contributed by atoms with Crippen LogP contribution < -0.4 is 21.3 Å². The van der Waals surface area contributed by atoms with Crippen LogP contribution in [0.25, 0.3) is 10.9 Å². The number of fused-ring (bicyclic) bond motifs is 1. The lowest BCUT2D eigenvalue weighted by molar-refractivity contribution is -0.125.